The van der Waals surface area contributed by atoms with Crippen LogP contribution < -0.4 is 23.7 Å². The van der Waals surface area contributed by atoms with E-state index in [0.717, 1.165) is 16.7 Å². The zero-order valence-electron chi connectivity index (χ0n) is 18.1. The lowest BCUT2D eigenvalue weighted by atomic mass is 10.1. The van der Waals surface area contributed by atoms with Gasteiger partial charge >= 0.3 is 0 Å². The molecule has 0 spiro atoms. The van der Waals surface area contributed by atoms with Gasteiger partial charge in [-0.05, 0) is 36.2 Å². The lowest BCUT2D eigenvalue weighted by Crippen LogP contribution is -2.28. The molecule has 2 aromatic carbocycles. The number of hydrogen-bond acceptors (Lipinski definition) is 6. The van der Waals surface area contributed by atoms with E-state index in [1.807, 2.05) is 25.1 Å². The smallest absolute Gasteiger partial charge is 0.227 e. The minimum atomic E-state index is -0.0512. The number of nitrogens with zero attached hydrogens (tertiary/aromatic N) is 1. The van der Waals surface area contributed by atoms with Crippen LogP contribution in [-0.4, -0.2) is 53.4 Å². The first-order valence-corrected chi connectivity index (χ1v) is 9.13. The number of carbonyl (C=O) groups is 1. The molecule has 1 amide bonds. The van der Waals surface area contributed by atoms with E-state index in [2.05, 4.69) is 0 Å². The van der Waals surface area contributed by atoms with Crippen molar-refractivity contribution < 1.29 is 28.5 Å². The van der Waals surface area contributed by atoms with Crippen molar-refractivity contribution in [2.75, 3.05) is 42.6 Å². The lowest BCUT2D eigenvalue weighted by molar-refractivity contribution is -0.129. The fourth-order valence-electron chi connectivity index (χ4n) is 3.14. The zero-order chi connectivity index (χ0) is 21.6. The molecule has 2 rings (SSSR count). The number of ether oxygens (including phenoxy) is 5. The van der Waals surface area contributed by atoms with E-state index >= 15 is 0 Å². The van der Waals surface area contributed by atoms with Gasteiger partial charge < -0.3 is 28.6 Å². The van der Waals surface area contributed by atoms with Gasteiger partial charge in [-0.3, -0.25) is 4.79 Å². The molecule has 0 aliphatic heterocycles. The number of hydrogen-bond donors (Lipinski definition) is 0. The summed E-state index contributed by atoms with van der Waals surface area (Å²) in [7, 11) is 9.60. The molecule has 0 atom stereocenters. The molecule has 0 heterocycles. The molecule has 29 heavy (non-hydrogen) atoms. The van der Waals surface area contributed by atoms with Crippen molar-refractivity contribution in [2.24, 2.45) is 0 Å². The van der Waals surface area contributed by atoms with Gasteiger partial charge in [0.05, 0.1) is 42.0 Å². The van der Waals surface area contributed by atoms with Crippen molar-refractivity contribution in [3.05, 3.63) is 41.0 Å². The Labute approximate surface area is 172 Å². The number of methoxy groups -OCH3 is 5. The molecule has 7 nitrogen and oxygen atoms in total. The largest absolute Gasteiger partial charge is 0.493 e. The van der Waals surface area contributed by atoms with E-state index in [4.69, 9.17) is 23.7 Å². The Morgan fingerprint density at radius 2 is 1.38 bits per heavy atom. The van der Waals surface area contributed by atoms with Crippen molar-refractivity contribution in [3.63, 3.8) is 0 Å². The number of amides is 1. The van der Waals surface area contributed by atoms with Gasteiger partial charge in [0.15, 0.2) is 23.0 Å². The fourth-order valence-corrected chi connectivity index (χ4v) is 3.14. The van der Waals surface area contributed by atoms with E-state index in [0.29, 0.717) is 35.3 Å². The highest BCUT2D eigenvalue weighted by Gasteiger charge is 2.20. The number of aryl methyl sites for hydroxylation is 1. The van der Waals surface area contributed by atoms with E-state index in [1.165, 1.54) is 7.11 Å². The fraction of sp³-hybridized carbons (Fsp3) is 0.409. The van der Waals surface area contributed by atoms with E-state index in [-0.39, 0.29) is 12.3 Å². The highest BCUT2D eigenvalue weighted by molar-refractivity contribution is 5.80. The molecule has 0 aliphatic rings. The molecule has 158 valence electrons. The average Bonchev–Trinajstić information content (AvgIpc) is 2.73. The van der Waals surface area contributed by atoms with E-state index in [1.54, 1.807) is 46.5 Å². The maximum absolute atomic E-state index is 12.9. The number of benzene rings is 2. The van der Waals surface area contributed by atoms with Gasteiger partial charge in [0.25, 0.3) is 0 Å². The summed E-state index contributed by atoms with van der Waals surface area (Å²) in [6.45, 7) is 2.42. The lowest BCUT2D eigenvalue weighted by Gasteiger charge is -2.21. The minimum Gasteiger partial charge on any atom is -0.493 e. The van der Waals surface area contributed by atoms with Crippen LogP contribution in [0.15, 0.2) is 24.3 Å². The van der Waals surface area contributed by atoms with Crippen LogP contribution >= 0.6 is 0 Å². The summed E-state index contributed by atoms with van der Waals surface area (Å²) in [4.78, 5) is 14.5. The topological polar surface area (TPSA) is 66.5 Å². The predicted octanol–water partition coefficient (Wildman–Crippen LogP) is 3.24. The Morgan fingerprint density at radius 3 is 1.93 bits per heavy atom. The Hall–Kier alpha value is -3.09. The van der Waals surface area contributed by atoms with Crippen LogP contribution in [0.25, 0.3) is 0 Å². The summed E-state index contributed by atoms with van der Waals surface area (Å²) in [6.07, 6.45) is 0.173. The Kier molecular flexibility index (Phi) is 7.59. The minimum absolute atomic E-state index is 0.0512. The van der Waals surface area contributed by atoms with Crippen LogP contribution in [0.5, 0.6) is 28.7 Å². The Bertz CT molecular complexity index is 865. The molecule has 0 N–H and O–H groups in total. The second-order valence-corrected chi connectivity index (χ2v) is 6.55. The predicted molar refractivity (Wildman–Crippen MR) is 111 cm³/mol. The van der Waals surface area contributed by atoms with Gasteiger partial charge in [-0.15, -0.1) is 0 Å². The van der Waals surface area contributed by atoms with Crippen molar-refractivity contribution >= 4 is 5.91 Å². The molecule has 0 saturated carbocycles. The second kappa shape index (κ2) is 9.91. The summed E-state index contributed by atoms with van der Waals surface area (Å²) >= 11 is 0. The molecule has 0 aliphatic carbocycles. The normalized spacial score (nSPS) is 10.3. The van der Waals surface area contributed by atoms with Gasteiger partial charge in [-0.2, -0.15) is 0 Å². The van der Waals surface area contributed by atoms with Crippen molar-refractivity contribution in [1.82, 2.24) is 4.90 Å². The third kappa shape index (κ3) is 4.85. The van der Waals surface area contributed by atoms with Crippen molar-refractivity contribution in [3.8, 4) is 28.7 Å². The third-order valence-electron chi connectivity index (χ3n) is 4.80. The number of likely N-dealkylation sites (N-methyl/N-ethyl adjacent to an activating group) is 1. The van der Waals surface area contributed by atoms with Crippen LogP contribution in [0.1, 0.15) is 16.7 Å². The standard InChI is InChI=1S/C22H29NO6/c1-14-10-18(26-4)19(27-5)11-16(14)13-23(2)20(24)12-15-8-9-17(25-3)22(29-7)21(15)28-6/h8-11H,12-13H2,1-7H3. The monoisotopic (exact) mass is 403 g/mol. The van der Waals surface area contributed by atoms with Crippen molar-refractivity contribution in [2.45, 2.75) is 19.9 Å². The van der Waals surface area contributed by atoms with E-state index in [9.17, 15) is 4.79 Å². The molecule has 0 fully saturated rings. The van der Waals surface area contributed by atoms with Crippen LogP contribution in [0.4, 0.5) is 0 Å². The summed E-state index contributed by atoms with van der Waals surface area (Å²) in [5.41, 5.74) is 2.73. The maximum Gasteiger partial charge on any atom is 0.227 e. The van der Waals surface area contributed by atoms with Gasteiger partial charge in [-0.25, -0.2) is 0 Å². The maximum atomic E-state index is 12.9. The molecule has 2 aromatic rings. The first-order valence-electron chi connectivity index (χ1n) is 9.13. The Morgan fingerprint density at radius 1 is 0.793 bits per heavy atom. The van der Waals surface area contributed by atoms with Crippen LogP contribution in [0.2, 0.25) is 0 Å². The number of carbonyl (C=O) groups excluding carboxylic acids is 1. The zero-order valence-corrected chi connectivity index (χ0v) is 18.1. The molecule has 0 radical (unpaired) electrons. The summed E-state index contributed by atoms with van der Waals surface area (Å²) in [5, 5.41) is 0. The Balaban J connectivity index is 2.22. The molecule has 0 bridgehead atoms. The molecule has 0 unspecified atom stereocenters. The van der Waals surface area contributed by atoms with E-state index < -0.39 is 0 Å². The highest BCUT2D eigenvalue weighted by atomic mass is 16.5. The molecular weight excluding hydrogens is 374 g/mol. The van der Waals surface area contributed by atoms with Gasteiger partial charge in [0.1, 0.15) is 0 Å². The van der Waals surface area contributed by atoms with Crippen LogP contribution in [0.3, 0.4) is 0 Å². The molecular formula is C22H29NO6. The molecule has 0 aromatic heterocycles. The highest BCUT2D eigenvalue weighted by Crippen LogP contribution is 2.40. The number of rotatable bonds is 9. The quantitative estimate of drug-likeness (QED) is 0.640. The summed E-state index contributed by atoms with van der Waals surface area (Å²) in [5.74, 6) is 2.77. The molecule has 7 heteroatoms. The van der Waals surface area contributed by atoms with Crippen LogP contribution in [0, 0.1) is 6.92 Å². The van der Waals surface area contributed by atoms with Crippen LogP contribution in [-0.2, 0) is 17.8 Å². The second-order valence-electron chi connectivity index (χ2n) is 6.55. The third-order valence-corrected chi connectivity index (χ3v) is 4.80. The van der Waals surface area contributed by atoms with Crippen molar-refractivity contribution in [1.29, 1.82) is 0 Å². The van der Waals surface area contributed by atoms with Gasteiger partial charge in [0, 0.05) is 19.2 Å². The first kappa shape index (κ1) is 22.2. The van der Waals surface area contributed by atoms with Gasteiger partial charge in [-0.1, -0.05) is 6.07 Å². The first-order chi connectivity index (χ1) is 13.9. The average molecular weight is 403 g/mol. The summed E-state index contributed by atoms with van der Waals surface area (Å²) < 4.78 is 26.9. The summed E-state index contributed by atoms with van der Waals surface area (Å²) in [6, 6.07) is 7.38. The van der Waals surface area contributed by atoms with Gasteiger partial charge in [0.2, 0.25) is 11.7 Å². The SMILES string of the molecule is COc1cc(C)c(CN(C)C(=O)Cc2ccc(OC)c(OC)c2OC)cc1OC. The molecule has 0 saturated heterocycles.